The predicted molar refractivity (Wildman–Crippen MR) is 62.7 cm³/mol. The summed E-state index contributed by atoms with van der Waals surface area (Å²) in [5.74, 6) is 0.0916. The molecule has 3 nitrogen and oxygen atoms in total. The molecular weight excluding hydrogens is 188 g/mol. The lowest BCUT2D eigenvalue weighted by molar-refractivity contribution is -0.122. The molecular formula is C12H22N2O. The van der Waals surface area contributed by atoms with E-state index in [9.17, 15) is 4.79 Å². The van der Waals surface area contributed by atoms with Crippen molar-refractivity contribution in [3.05, 3.63) is 11.6 Å². The summed E-state index contributed by atoms with van der Waals surface area (Å²) in [6.07, 6.45) is 8.42. The van der Waals surface area contributed by atoms with Crippen molar-refractivity contribution in [1.29, 1.82) is 0 Å². The number of likely N-dealkylation sites (N-methyl/N-ethyl adjacent to an activating group) is 1. The molecule has 86 valence electrons. The Morgan fingerprint density at radius 2 is 2.33 bits per heavy atom. The minimum Gasteiger partial charge on any atom is -0.354 e. The highest BCUT2D eigenvalue weighted by molar-refractivity contribution is 5.81. The monoisotopic (exact) mass is 210 g/mol. The van der Waals surface area contributed by atoms with Crippen LogP contribution in [0.15, 0.2) is 11.6 Å². The van der Waals surface area contributed by atoms with Crippen molar-refractivity contribution in [1.82, 2.24) is 10.6 Å². The van der Waals surface area contributed by atoms with E-state index in [1.165, 1.54) is 31.3 Å². The Labute approximate surface area is 92.3 Å². The van der Waals surface area contributed by atoms with Crippen LogP contribution in [-0.2, 0) is 4.79 Å². The average molecular weight is 210 g/mol. The zero-order chi connectivity index (χ0) is 11.1. The van der Waals surface area contributed by atoms with Crippen LogP contribution < -0.4 is 10.6 Å². The molecule has 0 bridgehead atoms. The number of nitrogens with one attached hydrogen (secondary N) is 2. The van der Waals surface area contributed by atoms with Gasteiger partial charge in [-0.15, -0.1) is 0 Å². The standard InChI is InChI=1S/C12H22N2O/c1-10(13-2)12(15)14-9-8-11-6-4-3-5-7-11/h6,10,13H,3-5,7-9H2,1-2H3,(H,14,15). The third-order valence-electron chi connectivity index (χ3n) is 2.96. The summed E-state index contributed by atoms with van der Waals surface area (Å²) in [5.41, 5.74) is 1.51. The predicted octanol–water partition coefficient (Wildman–Crippen LogP) is 1.60. The minimum absolute atomic E-state index is 0.0916. The molecule has 0 fully saturated rings. The second kappa shape index (κ2) is 6.62. The van der Waals surface area contributed by atoms with Crippen LogP contribution in [0.3, 0.4) is 0 Å². The van der Waals surface area contributed by atoms with Crippen LogP contribution in [0.4, 0.5) is 0 Å². The summed E-state index contributed by atoms with van der Waals surface area (Å²) in [5, 5.41) is 5.86. The molecule has 3 heteroatoms. The minimum atomic E-state index is -0.0923. The first-order valence-electron chi connectivity index (χ1n) is 5.87. The van der Waals surface area contributed by atoms with Gasteiger partial charge in [0, 0.05) is 6.54 Å². The zero-order valence-electron chi connectivity index (χ0n) is 9.81. The van der Waals surface area contributed by atoms with E-state index < -0.39 is 0 Å². The molecule has 1 amide bonds. The summed E-state index contributed by atoms with van der Waals surface area (Å²) >= 11 is 0. The van der Waals surface area contributed by atoms with Gasteiger partial charge < -0.3 is 10.6 Å². The fourth-order valence-corrected chi connectivity index (χ4v) is 1.76. The topological polar surface area (TPSA) is 41.1 Å². The lowest BCUT2D eigenvalue weighted by atomic mass is 9.97. The van der Waals surface area contributed by atoms with Gasteiger partial charge in [-0.25, -0.2) is 0 Å². The van der Waals surface area contributed by atoms with Gasteiger partial charge in [0.25, 0.3) is 0 Å². The first-order chi connectivity index (χ1) is 7.24. The van der Waals surface area contributed by atoms with Crippen LogP contribution in [0.1, 0.15) is 39.0 Å². The van der Waals surface area contributed by atoms with Crippen molar-refractivity contribution < 1.29 is 4.79 Å². The Bertz CT molecular complexity index is 236. The van der Waals surface area contributed by atoms with Gasteiger partial charge in [0.05, 0.1) is 6.04 Å². The number of hydrogen-bond donors (Lipinski definition) is 2. The first kappa shape index (κ1) is 12.2. The molecule has 0 saturated heterocycles. The summed E-state index contributed by atoms with van der Waals surface area (Å²) < 4.78 is 0. The molecule has 2 N–H and O–H groups in total. The van der Waals surface area contributed by atoms with E-state index in [4.69, 9.17) is 0 Å². The molecule has 1 aliphatic rings. The van der Waals surface area contributed by atoms with Crippen LogP contribution in [0.5, 0.6) is 0 Å². The molecule has 0 heterocycles. The van der Waals surface area contributed by atoms with Crippen molar-refractivity contribution in [2.24, 2.45) is 0 Å². The van der Waals surface area contributed by atoms with E-state index in [0.717, 1.165) is 13.0 Å². The maximum Gasteiger partial charge on any atom is 0.236 e. The van der Waals surface area contributed by atoms with Crippen LogP contribution >= 0.6 is 0 Å². The SMILES string of the molecule is CNC(C)C(=O)NCCC1=CCCCC1. The lowest BCUT2D eigenvalue weighted by Crippen LogP contribution is -2.40. The molecule has 0 aromatic rings. The summed E-state index contributed by atoms with van der Waals surface area (Å²) in [4.78, 5) is 11.4. The van der Waals surface area contributed by atoms with Crippen molar-refractivity contribution >= 4 is 5.91 Å². The molecule has 1 aliphatic carbocycles. The fraction of sp³-hybridized carbons (Fsp3) is 0.750. The normalized spacial score (nSPS) is 18.1. The Hall–Kier alpha value is -0.830. The fourth-order valence-electron chi connectivity index (χ4n) is 1.76. The number of carbonyl (C=O) groups excluding carboxylic acids is 1. The molecule has 15 heavy (non-hydrogen) atoms. The van der Waals surface area contributed by atoms with E-state index in [-0.39, 0.29) is 11.9 Å². The Balaban J connectivity index is 2.15. The van der Waals surface area contributed by atoms with Crippen LogP contribution in [-0.4, -0.2) is 25.5 Å². The lowest BCUT2D eigenvalue weighted by Gasteiger charge is -2.14. The van der Waals surface area contributed by atoms with Gasteiger partial charge in [-0.3, -0.25) is 4.79 Å². The van der Waals surface area contributed by atoms with Crippen molar-refractivity contribution in [2.45, 2.75) is 45.1 Å². The Morgan fingerprint density at radius 3 is 2.93 bits per heavy atom. The van der Waals surface area contributed by atoms with Crippen molar-refractivity contribution in [3.63, 3.8) is 0 Å². The van der Waals surface area contributed by atoms with Crippen molar-refractivity contribution in [2.75, 3.05) is 13.6 Å². The highest BCUT2D eigenvalue weighted by atomic mass is 16.2. The third kappa shape index (κ3) is 4.47. The highest BCUT2D eigenvalue weighted by Crippen LogP contribution is 2.19. The highest BCUT2D eigenvalue weighted by Gasteiger charge is 2.09. The molecule has 0 aromatic carbocycles. The van der Waals surface area contributed by atoms with E-state index in [0.29, 0.717) is 0 Å². The zero-order valence-corrected chi connectivity index (χ0v) is 9.81. The molecule has 0 spiro atoms. The maximum atomic E-state index is 11.4. The molecule has 1 rings (SSSR count). The summed E-state index contributed by atoms with van der Waals surface area (Å²) in [6.45, 7) is 2.64. The number of amides is 1. The molecule has 0 saturated carbocycles. The quantitative estimate of drug-likeness (QED) is 0.677. The first-order valence-corrected chi connectivity index (χ1v) is 5.87. The number of rotatable bonds is 5. The number of hydrogen-bond acceptors (Lipinski definition) is 2. The summed E-state index contributed by atoms with van der Waals surface area (Å²) in [6, 6.07) is -0.0923. The van der Waals surface area contributed by atoms with E-state index in [1.807, 2.05) is 6.92 Å². The Kier molecular flexibility index (Phi) is 5.40. The molecule has 0 aromatic heterocycles. The van der Waals surface area contributed by atoms with E-state index >= 15 is 0 Å². The summed E-state index contributed by atoms with van der Waals surface area (Å²) in [7, 11) is 1.80. The van der Waals surface area contributed by atoms with Crippen molar-refractivity contribution in [3.8, 4) is 0 Å². The molecule has 1 atom stereocenters. The van der Waals surface area contributed by atoms with Gasteiger partial charge in [-0.1, -0.05) is 11.6 Å². The van der Waals surface area contributed by atoms with Gasteiger partial charge in [0.1, 0.15) is 0 Å². The van der Waals surface area contributed by atoms with Crippen LogP contribution in [0.25, 0.3) is 0 Å². The number of allylic oxidation sites excluding steroid dienone is 1. The maximum absolute atomic E-state index is 11.4. The van der Waals surface area contributed by atoms with Gasteiger partial charge in [0.2, 0.25) is 5.91 Å². The van der Waals surface area contributed by atoms with Crippen LogP contribution in [0, 0.1) is 0 Å². The Morgan fingerprint density at radius 1 is 1.53 bits per heavy atom. The van der Waals surface area contributed by atoms with Crippen LogP contribution in [0.2, 0.25) is 0 Å². The van der Waals surface area contributed by atoms with E-state index in [2.05, 4.69) is 16.7 Å². The largest absolute Gasteiger partial charge is 0.354 e. The molecule has 0 radical (unpaired) electrons. The van der Waals surface area contributed by atoms with Gasteiger partial charge >= 0.3 is 0 Å². The molecule has 0 aliphatic heterocycles. The molecule has 1 unspecified atom stereocenters. The number of carbonyl (C=O) groups is 1. The van der Waals surface area contributed by atoms with E-state index in [1.54, 1.807) is 7.05 Å². The van der Waals surface area contributed by atoms with Gasteiger partial charge in [-0.05, 0) is 46.1 Å². The third-order valence-corrected chi connectivity index (χ3v) is 2.96. The second-order valence-electron chi connectivity index (χ2n) is 4.16. The van der Waals surface area contributed by atoms with Gasteiger partial charge in [0.15, 0.2) is 0 Å². The second-order valence-corrected chi connectivity index (χ2v) is 4.16. The van der Waals surface area contributed by atoms with Gasteiger partial charge in [-0.2, -0.15) is 0 Å². The average Bonchev–Trinajstić information content (AvgIpc) is 2.29. The smallest absolute Gasteiger partial charge is 0.236 e.